The highest BCUT2D eigenvalue weighted by atomic mass is 28.4. The van der Waals surface area contributed by atoms with Crippen molar-refractivity contribution in [2.75, 3.05) is 6.54 Å². The maximum atomic E-state index is 12.7. The minimum atomic E-state index is -1.84. The Hall–Kier alpha value is -0.593. The standard InChI is InChI=1S/C19H38N2O3Si/c1-13(24-25(8,9)19(5,6)7)16-15-11-10-14(12-20-16)21(15)17(22)23-18(2,3)4/h13-16,20H,10-12H2,1-9H3/t13-,14-,15-,16+/m0/s1. The monoisotopic (exact) mass is 370 g/mol. The van der Waals surface area contributed by atoms with E-state index in [4.69, 9.17) is 9.16 Å². The molecule has 2 rings (SSSR count). The van der Waals surface area contributed by atoms with E-state index >= 15 is 0 Å². The highest BCUT2D eigenvalue weighted by molar-refractivity contribution is 6.74. The van der Waals surface area contributed by atoms with Gasteiger partial charge in [0.2, 0.25) is 0 Å². The highest BCUT2D eigenvalue weighted by Gasteiger charge is 2.49. The second-order valence-corrected chi connectivity index (χ2v) is 15.0. The number of hydrogen-bond acceptors (Lipinski definition) is 4. The number of ether oxygens (including phenoxy) is 1. The third-order valence-electron chi connectivity index (χ3n) is 5.95. The second kappa shape index (κ2) is 6.85. The van der Waals surface area contributed by atoms with E-state index in [0.717, 1.165) is 19.4 Å². The number of nitrogens with one attached hydrogen (secondary N) is 1. The Morgan fingerprint density at radius 1 is 1.16 bits per heavy atom. The lowest BCUT2D eigenvalue weighted by molar-refractivity contribution is -0.00582. The van der Waals surface area contributed by atoms with E-state index in [2.05, 4.69) is 46.1 Å². The summed E-state index contributed by atoms with van der Waals surface area (Å²) in [5.74, 6) is 0. The summed E-state index contributed by atoms with van der Waals surface area (Å²) in [7, 11) is -1.84. The number of hydrogen-bond donors (Lipinski definition) is 1. The third kappa shape index (κ3) is 4.58. The molecule has 2 saturated heterocycles. The minimum Gasteiger partial charge on any atom is -0.444 e. The van der Waals surface area contributed by atoms with Gasteiger partial charge in [0.25, 0.3) is 0 Å². The quantitative estimate of drug-likeness (QED) is 0.759. The summed E-state index contributed by atoms with van der Waals surface area (Å²) in [5.41, 5.74) is -0.458. The summed E-state index contributed by atoms with van der Waals surface area (Å²) in [6.07, 6.45) is 1.97. The van der Waals surface area contributed by atoms with Crippen LogP contribution in [0.3, 0.4) is 0 Å². The van der Waals surface area contributed by atoms with Crippen LogP contribution in [0.5, 0.6) is 0 Å². The van der Waals surface area contributed by atoms with Gasteiger partial charge in [-0.05, 0) is 58.7 Å². The van der Waals surface area contributed by atoms with Gasteiger partial charge in [-0.15, -0.1) is 0 Å². The van der Waals surface area contributed by atoms with Gasteiger partial charge in [-0.2, -0.15) is 0 Å². The second-order valence-electron chi connectivity index (χ2n) is 10.2. The molecule has 4 atom stereocenters. The van der Waals surface area contributed by atoms with Gasteiger partial charge < -0.3 is 14.5 Å². The average Bonchev–Trinajstić information content (AvgIpc) is 2.69. The Morgan fingerprint density at radius 3 is 2.28 bits per heavy atom. The molecule has 2 heterocycles. The van der Waals surface area contributed by atoms with Crippen LogP contribution in [-0.2, 0) is 9.16 Å². The largest absolute Gasteiger partial charge is 0.444 e. The molecule has 0 unspecified atom stereocenters. The molecular formula is C19H38N2O3Si. The van der Waals surface area contributed by atoms with Crippen molar-refractivity contribution < 1.29 is 14.0 Å². The summed E-state index contributed by atoms with van der Waals surface area (Å²) >= 11 is 0. The first-order chi connectivity index (χ1) is 11.2. The number of amides is 1. The van der Waals surface area contributed by atoms with Crippen LogP contribution in [0.1, 0.15) is 61.3 Å². The highest BCUT2D eigenvalue weighted by Crippen LogP contribution is 2.39. The van der Waals surface area contributed by atoms with Crippen LogP contribution in [0, 0.1) is 0 Å². The predicted octanol–water partition coefficient (Wildman–Crippen LogP) is 4.14. The molecule has 0 aromatic heterocycles. The summed E-state index contributed by atoms with van der Waals surface area (Å²) in [6, 6.07) is 0.574. The Kier molecular flexibility index (Phi) is 5.68. The lowest BCUT2D eigenvalue weighted by atomic mass is 10.0. The van der Waals surface area contributed by atoms with Crippen LogP contribution in [0.2, 0.25) is 18.1 Å². The van der Waals surface area contributed by atoms with Gasteiger partial charge in [0.15, 0.2) is 8.32 Å². The fraction of sp³-hybridized carbons (Fsp3) is 0.947. The van der Waals surface area contributed by atoms with Crippen molar-refractivity contribution in [3.63, 3.8) is 0 Å². The number of fused-ring (bicyclic) bond motifs is 2. The fourth-order valence-electron chi connectivity index (χ4n) is 3.67. The normalized spacial score (nSPS) is 28.8. The summed E-state index contributed by atoms with van der Waals surface area (Å²) in [5, 5.41) is 3.83. The molecule has 5 nitrogen and oxygen atoms in total. The van der Waals surface area contributed by atoms with Gasteiger partial charge in [0.05, 0.1) is 18.2 Å². The minimum absolute atomic E-state index is 0.0786. The molecule has 1 N–H and O–H groups in total. The summed E-state index contributed by atoms with van der Waals surface area (Å²) < 4.78 is 12.3. The molecule has 1 amide bonds. The van der Waals surface area contributed by atoms with E-state index < -0.39 is 13.9 Å². The Bertz CT molecular complexity index is 496. The molecule has 0 saturated carbocycles. The zero-order valence-corrected chi connectivity index (χ0v) is 18.6. The molecule has 25 heavy (non-hydrogen) atoms. The number of carbonyl (C=O) groups excluding carboxylic acids is 1. The summed E-state index contributed by atoms with van der Waals surface area (Å²) in [4.78, 5) is 14.7. The molecule has 2 fully saturated rings. The number of nitrogens with zero attached hydrogens (tertiary/aromatic N) is 1. The van der Waals surface area contributed by atoms with Gasteiger partial charge in [0, 0.05) is 12.6 Å². The molecule has 2 bridgehead atoms. The smallest absolute Gasteiger partial charge is 0.410 e. The lowest BCUT2D eigenvalue weighted by Gasteiger charge is -2.46. The van der Waals surface area contributed by atoms with Gasteiger partial charge in [0.1, 0.15) is 5.60 Å². The SMILES string of the molecule is C[C@H](O[Si](C)(C)C(C)(C)C)[C@H]1NC[C@@H]2CC[C@@H]1N2C(=O)OC(C)(C)C. The Balaban J connectivity index is 2.11. The molecule has 6 heteroatoms. The van der Waals surface area contributed by atoms with Crippen molar-refractivity contribution in [2.24, 2.45) is 0 Å². The molecular weight excluding hydrogens is 332 g/mol. The first-order valence-corrected chi connectivity index (χ1v) is 12.6. The lowest BCUT2D eigenvalue weighted by Crippen LogP contribution is -2.64. The first-order valence-electron chi connectivity index (χ1n) is 9.65. The average molecular weight is 371 g/mol. The molecule has 2 aliphatic heterocycles. The molecule has 146 valence electrons. The zero-order chi connectivity index (χ0) is 19.2. The van der Waals surface area contributed by atoms with Crippen LogP contribution in [0.15, 0.2) is 0 Å². The van der Waals surface area contributed by atoms with E-state index in [1.807, 2.05) is 25.7 Å². The Morgan fingerprint density at radius 2 is 1.76 bits per heavy atom. The van der Waals surface area contributed by atoms with Gasteiger partial charge >= 0.3 is 6.09 Å². The van der Waals surface area contributed by atoms with Gasteiger partial charge in [-0.3, -0.25) is 4.90 Å². The molecule has 0 aromatic rings. The number of rotatable bonds is 3. The van der Waals surface area contributed by atoms with Crippen molar-refractivity contribution in [1.29, 1.82) is 0 Å². The van der Waals surface area contributed by atoms with Crippen molar-refractivity contribution in [1.82, 2.24) is 10.2 Å². The topological polar surface area (TPSA) is 50.8 Å². The number of carbonyl (C=O) groups is 1. The van der Waals surface area contributed by atoms with Crippen molar-refractivity contribution >= 4 is 14.4 Å². The Labute approximate surface area is 154 Å². The van der Waals surface area contributed by atoms with Crippen LogP contribution >= 0.6 is 0 Å². The van der Waals surface area contributed by atoms with Crippen LogP contribution in [0.4, 0.5) is 4.79 Å². The van der Waals surface area contributed by atoms with E-state index in [1.165, 1.54) is 0 Å². The van der Waals surface area contributed by atoms with Gasteiger partial charge in [-0.1, -0.05) is 20.8 Å². The molecule has 2 aliphatic rings. The summed E-state index contributed by atoms with van der Waals surface area (Å²) in [6.45, 7) is 20.1. The van der Waals surface area contributed by atoms with Crippen molar-refractivity contribution in [3.8, 4) is 0 Å². The van der Waals surface area contributed by atoms with Crippen LogP contribution < -0.4 is 5.32 Å². The maximum absolute atomic E-state index is 12.7. The zero-order valence-electron chi connectivity index (χ0n) is 17.6. The van der Waals surface area contributed by atoms with E-state index in [0.29, 0.717) is 0 Å². The van der Waals surface area contributed by atoms with Crippen LogP contribution in [0.25, 0.3) is 0 Å². The van der Waals surface area contributed by atoms with Gasteiger partial charge in [-0.25, -0.2) is 4.79 Å². The molecule has 0 aromatic carbocycles. The van der Waals surface area contributed by atoms with Crippen LogP contribution in [-0.4, -0.2) is 55.7 Å². The predicted molar refractivity (Wildman–Crippen MR) is 104 cm³/mol. The van der Waals surface area contributed by atoms with E-state index in [9.17, 15) is 4.79 Å². The van der Waals surface area contributed by atoms with E-state index in [-0.39, 0.29) is 35.4 Å². The maximum Gasteiger partial charge on any atom is 0.410 e. The molecule has 0 spiro atoms. The van der Waals surface area contributed by atoms with Crippen molar-refractivity contribution in [3.05, 3.63) is 0 Å². The first kappa shape index (κ1) is 20.7. The molecule has 0 aliphatic carbocycles. The number of piperazine rings is 1. The van der Waals surface area contributed by atoms with E-state index in [1.54, 1.807) is 0 Å². The van der Waals surface area contributed by atoms with Crippen molar-refractivity contribution in [2.45, 2.75) is 109 Å². The third-order valence-corrected chi connectivity index (χ3v) is 10.5. The fourth-order valence-corrected chi connectivity index (χ4v) is 5.10. The molecule has 0 radical (unpaired) electrons.